The minimum absolute atomic E-state index is 0.0647. The van der Waals surface area contributed by atoms with Gasteiger partial charge in [-0.05, 0) is 79.4 Å². The van der Waals surface area contributed by atoms with Crippen LogP contribution in [0.4, 0.5) is 18.9 Å². The Hall–Kier alpha value is -4.92. The third-order valence-corrected chi connectivity index (χ3v) is 7.21. The average Bonchev–Trinajstić information content (AvgIpc) is 3.00. The summed E-state index contributed by atoms with van der Waals surface area (Å²) < 4.78 is 39.1. The molecule has 0 radical (unpaired) electrons. The van der Waals surface area contributed by atoms with Crippen LogP contribution < -0.4 is 10.6 Å². The van der Waals surface area contributed by atoms with Crippen molar-refractivity contribution in [3.63, 3.8) is 0 Å². The zero-order chi connectivity index (χ0) is 31.3. The smallest absolute Gasteiger partial charge is 0.341 e. The molecule has 4 rings (SSSR count). The number of halogens is 3. The van der Waals surface area contributed by atoms with E-state index in [9.17, 15) is 27.6 Å². The highest BCUT2D eigenvalue weighted by atomic mass is 19.4. The van der Waals surface area contributed by atoms with Crippen LogP contribution in [-0.4, -0.2) is 35.7 Å². The van der Waals surface area contributed by atoms with E-state index in [-0.39, 0.29) is 17.5 Å². The molecule has 1 unspecified atom stereocenters. The Morgan fingerprint density at radius 3 is 2.02 bits per heavy atom. The molecule has 0 saturated carbocycles. The number of anilines is 1. The third kappa shape index (κ3) is 7.30. The van der Waals surface area contributed by atoms with Gasteiger partial charge in [0, 0.05) is 29.9 Å². The Balaban J connectivity index is 1.53. The quantitative estimate of drug-likeness (QED) is 0.228. The van der Waals surface area contributed by atoms with Crippen molar-refractivity contribution >= 4 is 23.4 Å². The summed E-state index contributed by atoms with van der Waals surface area (Å²) in [7, 11) is 1.69. The maximum Gasteiger partial charge on any atom is 0.416 e. The Morgan fingerprint density at radius 2 is 1.42 bits per heavy atom. The Labute approximate surface area is 248 Å². The monoisotopic (exact) mass is 587 g/mol. The highest BCUT2D eigenvalue weighted by Crippen LogP contribution is 2.32. The summed E-state index contributed by atoms with van der Waals surface area (Å²) in [6.45, 7) is 5.51. The molecule has 0 aromatic heterocycles. The van der Waals surface area contributed by atoms with E-state index in [1.54, 1.807) is 85.6 Å². The van der Waals surface area contributed by atoms with Gasteiger partial charge in [-0.3, -0.25) is 14.4 Å². The second-order valence-corrected chi connectivity index (χ2v) is 10.5. The lowest BCUT2D eigenvalue weighted by Gasteiger charge is -2.28. The van der Waals surface area contributed by atoms with Crippen molar-refractivity contribution in [2.45, 2.75) is 39.0 Å². The van der Waals surface area contributed by atoms with Gasteiger partial charge in [-0.25, -0.2) is 0 Å². The van der Waals surface area contributed by atoms with Crippen molar-refractivity contribution in [1.29, 1.82) is 0 Å². The van der Waals surface area contributed by atoms with Crippen molar-refractivity contribution in [1.82, 2.24) is 10.2 Å². The second-order valence-electron chi connectivity index (χ2n) is 10.5. The van der Waals surface area contributed by atoms with E-state index in [2.05, 4.69) is 10.6 Å². The molecular weight excluding hydrogens is 555 g/mol. The van der Waals surface area contributed by atoms with Gasteiger partial charge in [0.25, 0.3) is 11.8 Å². The number of rotatable bonds is 8. The van der Waals surface area contributed by atoms with Crippen LogP contribution in [0, 0.1) is 6.92 Å². The van der Waals surface area contributed by atoms with Crippen molar-refractivity contribution in [2.24, 2.45) is 0 Å². The minimum Gasteiger partial charge on any atom is -0.341 e. The zero-order valence-corrected chi connectivity index (χ0v) is 24.2. The molecule has 0 spiro atoms. The van der Waals surface area contributed by atoms with Gasteiger partial charge >= 0.3 is 6.18 Å². The summed E-state index contributed by atoms with van der Waals surface area (Å²) in [6.07, 6.45) is -4.46. The standard InChI is InChI=1S/C34H32F3N3O3/c1-21(2)40(4)33(43)30(24-10-6-5-7-11-24)39-31(41)25-16-19-29(22(3)20-25)38-32(42)28-13-9-8-12-27(28)23-14-17-26(18-15-23)34(35,36)37/h5-21,30H,1-4H3,(H,38,42)(H,39,41). The van der Waals surface area contributed by atoms with E-state index < -0.39 is 29.6 Å². The molecule has 0 bridgehead atoms. The van der Waals surface area contributed by atoms with Gasteiger partial charge in [-0.15, -0.1) is 0 Å². The number of carbonyl (C=O) groups is 3. The molecule has 2 N–H and O–H groups in total. The highest BCUT2D eigenvalue weighted by Gasteiger charge is 2.30. The fourth-order valence-corrected chi connectivity index (χ4v) is 4.51. The van der Waals surface area contributed by atoms with E-state index in [1.807, 2.05) is 19.9 Å². The largest absolute Gasteiger partial charge is 0.416 e. The van der Waals surface area contributed by atoms with E-state index in [0.717, 1.165) is 12.1 Å². The summed E-state index contributed by atoms with van der Waals surface area (Å²) in [5.41, 5.74) is 2.47. The van der Waals surface area contributed by atoms with E-state index in [4.69, 9.17) is 0 Å². The van der Waals surface area contributed by atoms with E-state index >= 15 is 0 Å². The molecule has 1 atom stereocenters. The van der Waals surface area contributed by atoms with E-state index in [0.29, 0.717) is 33.5 Å². The lowest BCUT2D eigenvalue weighted by molar-refractivity contribution is -0.137. The number of nitrogens with one attached hydrogen (secondary N) is 2. The highest BCUT2D eigenvalue weighted by molar-refractivity contribution is 6.09. The molecule has 0 fully saturated rings. The minimum atomic E-state index is -4.46. The SMILES string of the molecule is Cc1cc(C(=O)NC(C(=O)N(C)C(C)C)c2ccccc2)ccc1NC(=O)c1ccccc1-c1ccc(C(F)(F)F)cc1. The first-order valence-electron chi connectivity index (χ1n) is 13.7. The molecular formula is C34H32F3N3O3. The fourth-order valence-electron chi connectivity index (χ4n) is 4.51. The molecule has 0 aliphatic heterocycles. The first-order chi connectivity index (χ1) is 20.4. The maximum absolute atomic E-state index is 13.3. The molecule has 0 aliphatic rings. The number of likely N-dealkylation sites (N-methyl/N-ethyl adjacent to an activating group) is 1. The van der Waals surface area contributed by atoms with Crippen molar-refractivity contribution in [3.05, 3.63) is 125 Å². The first-order valence-corrected chi connectivity index (χ1v) is 13.7. The molecule has 0 saturated heterocycles. The average molecular weight is 588 g/mol. The fraction of sp³-hybridized carbons (Fsp3) is 0.206. The zero-order valence-electron chi connectivity index (χ0n) is 24.2. The Morgan fingerprint density at radius 1 is 0.791 bits per heavy atom. The summed E-state index contributed by atoms with van der Waals surface area (Å²) >= 11 is 0. The van der Waals surface area contributed by atoms with Gasteiger partial charge in [0.05, 0.1) is 5.56 Å². The summed E-state index contributed by atoms with van der Waals surface area (Å²) in [5, 5.41) is 5.69. The van der Waals surface area contributed by atoms with Crippen LogP contribution >= 0.6 is 0 Å². The molecule has 6 nitrogen and oxygen atoms in total. The molecule has 43 heavy (non-hydrogen) atoms. The Kier molecular flexibility index (Phi) is 9.34. The number of carbonyl (C=O) groups excluding carboxylic acids is 3. The van der Waals surface area contributed by atoms with Gasteiger partial charge in [-0.1, -0.05) is 60.7 Å². The van der Waals surface area contributed by atoms with Gasteiger partial charge in [0.15, 0.2) is 0 Å². The molecule has 4 aromatic rings. The third-order valence-electron chi connectivity index (χ3n) is 7.21. The number of hydrogen-bond acceptors (Lipinski definition) is 3. The number of nitrogens with zero attached hydrogens (tertiary/aromatic N) is 1. The maximum atomic E-state index is 13.3. The van der Waals surface area contributed by atoms with Crippen LogP contribution in [0.25, 0.3) is 11.1 Å². The molecule has 9 heteroatoms. The topological polar surface area (TPSA) is 78.5 Å². The Bertz CT molecular complexity index is 1620. The lowest BCUT2D eigenvalue weighted by Crippen LogP contribution is -2.43. The van der Waals surface area contributed by atoms with E-state index in [1.165, 1.54) is 12.1 Å². The molecule has 0 heterocycles. The van der Waals surface area contributed by atoms with Gasteiger partial charge < -0.3 is 15.5 Å². The summed E-state index contributed by atoms with van der Waals surface area (Å²) in [4.78, 5) is 41.4. The molecule has 0 aliphatic carbocycles. The number of aryl methyl sites for hydroxylation is 1. The van der Waals surface area contributed by atoms with Crippen LogP contribution in [0.1, 0.15) is 57.3 Å². The number of alkyl halides is 3. The predicted octanol–water partition coefficient (Wildman–Crippen LogP) is 7.27. The molecule has 3 amide bonds. The van der Waals surface area contributed by atoms with Crippen LogP contribution in [0.3, 0.4) is 0 Å². The van der Waals surface area contributed by atoms with Gasteiger partial charge in [-0.2, -0.15) is 13.2 Å². The molecule has 222 valence electrons. The molecule has 4 aromatic carbocycles. The van der Waals surface area contributed by atoms with Crippen molar-refractivity contribution in [3.8, 4) is 11.1 Å². The predicted molar refractivity (Wildman–Crippen MR) is 161 cm³/mol. The number of benzene rings is 4. The van der Waals surface area contributed by atoms with Gasteiger partial charge in [0.1, 0.15) is 6.04 Å². The van der Waals surface area contributed by atoms with Crippen LogP contribution in [0.2, 0.25) is 0 Å². The number of hydrogen-bond donors (Lipinski definition) is 2. The van der Waals surface area contributed by atoms with Crippen LogP contribution in [0.15, 0.2) is 97.1 Å². The van der Waals surface area contributed by atoms with Crippen molar-refractivity contribution in [2.75, 3.05) is 12.4 Å². The van der Waals surface area contributed by atoms with Gasteiger partial charge in [0.2, 0.25) is 5.91 Å². The van der Waals surface area contributed by atoms with Crippen molar-refractivity contribution < 1.29 is 27.6 Å². The first kappa shape index (κ1) is 31.0. The summed E-state index contributed by atoms with van der Waals surface area (Å²) in [6, 6.07) is 24.1. The van der Waals surface area contributed by atoms with Crippen LogP contribution in [-0.2, 0) is 11.0 Å². The normalized spacial score (nSPS) is 12.0. The van der Waals surface area contributed by atoms with Crippen LogP contribution in [0.5, 0.6) is 0 Å². The lowest BCUT2D eigenvalue weighted by atomic mass is 9.98. The number of amides is 3. The second kappa shape index (κ2) is 12.9. The summed E-state index contributed by atoms with van der Waals surface area (Å²) in [5.74, 6) is -1.16.